The van der Waals surface area contributed by atoms with E-state index in [0.717, 1.165) is 23.5 Å². The molecule has 1 aromatic carbocycles. The van der Waals surface area contributed by atoms with E-state index in [2.05, 4.69) is 29.2 Å². The maximum atomic E-state index is 13.7. The molecule has 5 nitrogen and oxygen atoms in total. The summed E-state index contributed by atoms with van der Waals surface area (Å²) in [5, 5.41) is 6.26. The van der Waals surface area contributed by atoms with Gasteiger partial charge in [-0.05, 0) is 31.2 Å². The third-order valence-corrected chi connectivity index (χ3v) is 5.48. The topological polar surface area (TPSA) is 45.5 Å². The third-order valence-electron chi connectivity index (χ3n) is 5.48. The lowest BCUT2D eigenvalue weighted by atomic mass is 9.81. The van der Waals surface area contributed by atoms with Gasteiger partial charge in [0.15, 0.2) is 5.65 Å². The normalized spacial score (nSPS) is 17.4. The molecular formula is C20H21F4N5. The molecule has 2 aromatic heterocycles. The van der Waals surface area contributed by atoms with Crippen LogP contribution < -0.4 is 10.2 Å². The van der Waals surface area contributed by atoms with Crippen molar-refractivity contribution < 1.29 is 17.6 Å². The molecule has 0 radical (unpaired) electrons. The molecule has 1 aliphatic heterocycles. The first-order valence-corrected chi connectivity index (χ1v) is 9.28. The van der Waals surface area contributed by atoms with Crippen molar-refractivity contribution in [2.24, 2.45) is 0 Å². The molecule has 29 heavy (non-hydrogen) atoms. The van der Waals surface area contributed by atoms with Crippen molar-refractivity contribution in [3.63, 3.8) is 0 Å². The van der Waals surface area contributed by atoms with Crippen LogP contribution in [0.5, 0.6) is 0 Å². The number of anilines is 2. The quantitative estimate of drug-likeness (QED) is 0.649. The van der Waals surface area contributed by atoms with E-state index in [0.29, 0.717) is 12.2 Å². The predicted octanol–water partition coefficient (Wildman–Crippen LogP) is 4.51. The molecule has 4 rings (SSSR count). The Morgan fingerprint density at radius 1 is 1.17 bits per heavy atom. The van der Waals surface area contributed by atoms with Gasteiger partial charge in [0.05, 0.1) is 17.6 Å². The Balaban J connectivity index is 1.77. The standard InChI is InChI=1S/C20H21F4N5/c1-19(2)8-9-28(14-11-26-16-10-15(21)27-29(16)18(14)19)13-6-4-12(5-7-13)17(25-3)20(22,23)24/h4-7,10-11,17,25H,8-9H2,1-3H3/t17-/m0/s1. The lowest BCUT2D eigenvalue weighted by Crippen LogP contribution is -2.37. The van der Waals surface area contributed by atoms with Gasteiger partial charge in [0, 0.05) is 23.7 Å². The summed E-state index contributed by atoms with van der Waals surface area (Å²) in [7, 11) is 1.29. The van der Waals surface area contributed by atoms with Crippen molar-refractivity contribution in [2.75, 3.05) is 18.5 Å². The van der Waals surface area contributed by atoms with Gasteiger partial charge in [-0.25, -0.2) is 9.50 Å². The highest BCUT2D eigenvalue weighted by Gasteiger charge is 2.40. The molecule has 3 heterocycles. The summed E-state index contributed by atoms with van der Waals surface area (Å²) < 4.78 is 54.8. The predicted molar refractivity (Wildman–Crippen MR) is 102 cm³/mol. The van der Waals surface area contributed by atoms with E-state index in [4.69, 9.17) is 0 Å². The molecule has 1 N–H and O–H groups in total. The molecule has 0 bridgehead atoms. The monoisotopic (exact) mass is 407 g/mol. The zero-order chi connectivity index (χ0) is 21.0. The minimum Gasteiger partial charge on any atom is -0.339 e. The van der Waals surface area contributed by atoms with Gasteiger partial charge >= 0.3 is 6.18 Å². The summed E-state index contributed by atoms with van der Waals surface area (Å²) >= 11 is 0. The minimum atomic E-state index is -4.38. The van der Waals surface area contributed by atoms with Crippen LogP contribution in [-0.2, 0) is 5.41 Å². The van der Waals surface area contributed by atoms with Crippen molar-refractivity contribution in [3.8, 4) is 0 Å². The summed E-state index contributed by atoms with van der Waals surface area (Å²) in [5.74, 6) is -0.603. The molecular weight excluding hydrogens is 386 g/mol. The second-order valence-corrected chi connectivity index (χ2v) is 7.87. The van der Waals surface area contributed by atoms with Crippen LogP contribution in [0.3, 0.4) is 0 Å². The number of alkyl halides is 3. The number of hydrogen-bond acceptors (Lipinski definition) is 4. The summed E-state index contributed by atoms with van der Waals surface area (Å²) in [4.78, 5) is 6.29. The van der Waals surface area contributed by atoms with Crippen LogP contribution >= 0.6 is 0 Å². The van der Waals surface area contributed by atoms with Crippen molar-refractivity contribution in [1.29, 1.82) is 0 Å². The summed E-state index contributed by atoms with van der Waals surface area (Å²) in [6, 6.07) is 5.84. The Morgan fingerprint density at radius 2 is 1.86 bits per heavy atom. The Labute approximate surface area is 165 Å². The van der Waals surface area contributed by atoms with Crippen LogP contribution in [0.15, 0.2) is 36.5 Å². The molecule has 0 aliphatic carbocycles. The zero-order valence-electron chi connectivity index (χ0n) is 16.3. The third kappa shape index (κ3) is 3.33. The number of aromatic nitrogens is 3. The van der Waals surface area contributed by atoms with E-state index in [-0.39, 0.29) is 11.0 Å². The van der Waals surface area contributed by atoms with Gasteiger partial charge in [-0.2, -0.15) is 17.6 Å². The van der Waals surface area contributed by atoms with Gasteiger partial charge in [-0.15, -0.1) is 5.10 Å². The first-order valence-electron chi connectivity index (χ1n) is 9.28. The van der Waals surface area contributed by atoms with Gasteiger partial charge < -0.3 is 10.2 Å². The molecule has 1 atom stereocenters. The molecule has 3 aromatic rings. The fourth-order valence-electron chi connectivity index (χ4n) is 3.99. The van der Waals surface area contributed by atoms with Crippen molar-refractivity contribution in [3.05, 3.63) is 53.7 Å². The second kappa shape index (κ2) is 6.69. The van der Waals surface area contributed by atoms with Crippen molar-refractivity contribution in [1.82, 2.24) is 19.9 Å². The van der Waals surface area contributed by atoms with Crippen LogP contribution in [0, 0.1) is 5.95 Å². The smallest absolute Gasteiger partial charge is 0.339 e. The second-order valence-electron chi connectivity index (χ2n) is 7.87. The van der Waals surface area contributed by atoms with E-state index >= 15 is 0 Å². The van der Waals surface area contributed by atoms with E-state index in [9.17, 15) is 17.6 Å². The zero-order valence-corrected chi connectivity index (χ0v) is 16.3. The highest BCUT2D eigenvalue weighted by Crippen LogP contribution is 2.43. The number of fused-ring (bicyclic) bond motifs is 3. The van der Waals surface area contributed by atoms with Crippen LogP contribution in [-0.4, -0.2) is 34.4 Å². The van der Waals surface area contributed by atoms with Crippen LogP contribution in [0.4, 0.5) is 28.9 Å². The minimum absolute atomic E-state index is 0.143. The van der Waals surface area contributed by atoms with Gasteiger partial charge in [0.2, 0.25) is 5.95 Å². The number of benzene rings is 1. The summed E-state index contributed by atoms with van der Waals surface area (Å²) in [6.45, 7) is 4.78. The number of halogens is 4. The number of nitrogens with one attached hydrogen (secondary N) is 1. The molecule has 9 heteroatoms. The fourth-order valence-corrected chi connectivity index (χ4v) is 3.99. The van der Waals surface area contributed by atoms with Gasteiger partial charge in [-0.3, -0.25) is 0 Å². The largest absolute Gasteiger partial charge is 0.407 e. The molecule has 0 saturated carbocycles. The Hall–Kier alpha value is -2.68. The highest BCUT2D eigenvalue weighted by atomic mass is 19.4. The molecule has 0 amide bonds. The molecule has 154 valence electrons. The highest BCUT2D eigenvalue weighted by molar-refractivity contribution is 5.69. The maximum Gasteiger partial charge on any atom is 0.407 e. The van der Waals surface area contributed by atoms with E-state index < -0.39 is 18.2 Å². The van der Waals surface area contributed by atoms with Crippen LogP contribution in [0.25, 0.3) is 5.65 Å². The Kier molecular flexibility index (Phi) is 4.53. The van der Waals surface area contributed by atoms with Crippen LogP contribution in [0.1, 0.15) is 37.6 Å². The van der Waals surface area contributed by atoms with Gasteiger partial charge in [-0.1, -0.05) is 26.0 Å². The fraction of sp³-hybridized carbons (Fsp3) is 0.400. The van der Waals surface area contributed by atoms with E-state index in [1.807, 2.05) is 4.90 Å². The number of nitrogens with zero attached hydrogens (tertiary/aromatic N) is 4. The maximum absolute atomic E-state index is 13.7. The number of hydrogen-bond donors (Lipinski definition) is 1. The van der Waals surface area contributed by atoms with Crippen molar-refractivity contribution >= 4 is 17.0 Å². The molecule has 0 spiro atoms. The Bertz CT molecular complexity index is 1040. The lowest BCUT2D eigenvalue weighted by molar-refractivity contribution is -0.156. The average Bonchev–Trinajstić information content (AvgIpc) is 3.01. The first-order chi connectivity index (χ1) is 13.6. The first kappa shape index (κ1) is 19.6. The van der Waals surface area contributed by atoms with Crippen LogP contribution in [0.2, 0.25) is 0 Å². The Morgan fingerprint density at radius 3 is 2.48 bits per heavy atom. The van der Waals surface area contributed by atoms with E-state index in [1.165, 1.54) is 29.8 Å². The number of rotatable bonds is 3. The lowest BCUT2D eigenvalue weighted by Gasteiger charge is -2.39. The van der Waals surface area contributed by atoms with E-state index in [1.54, 1.807) is 18.3 Å². The van der Waals surface area contributed by atoms with Gasteiger partial charge in [0.25, 0.3) is 0 Å². The summed E-state index contributed by atoms with van der Waals surface area (Å²) in [5.41, 5.74) is 2.64. The SMILES string of the molecule is CN[C@@H](c1ccc(N2CCC(C)(C)c3c2cnc2cc(F)nn32)cc1)C(F)(F)F. The molecule has 0 fully saturated rings. The van der Waals surface area contributed by atoms with Gasteiger partial charge in [0.1, 0.15) is 6.04 Å². The molecule has 0 saturated heterocycles. The summed E-state index contributed by atoms with van der Waals surface area (Å²) in [6.07, 6.45) is -1.94. The molecule has 0 unspecified atom stereocenters. The average molecular weight is 407 g/mol. The van der Waals surface area contributed by atoms with Crippen molar-refractivity contribution in [2.45, 2.75) is 37.9 Å². The molecule has 1 aliphatic rings.